The second kappa shape index (κ2) is 7.42. The molecule has 2 aromatic rings. The van der Waals surface area contributed by atoms with Crippen molar-refractivity contribution in [3.63, 3.8) is 0 Å². The maximum absolute atomic E-state index is 13.8. The number of hydrogen-bond acceptors (Lipinski definition) is 2. The summed E-state index contributed by atoms with van der Waals surface area (Å²) in [6.45, 7) is 0.279. The Kier molecular flexibility index (Phi) is 5.57. The van der Waals surface area contributed by atoms with E-state index in [-0.39, 0.29) is 12.4 Å². The smallest absolute Gasteiger partial charge is 0.173 e. The minimum atomic E-state index is -0.344. The van der Waals surface area contributed by atoms with Crippen molar-refractivity contribution in [1.82, 2.24) is 4.90 Å². The minimum Gasteiger partial charge on any atom is -0.497 e. The lowest BCUT2D eigenvalue weighted by molar-refractivity contribution is 0.415. The first kappa shape index (κ1) is 16.5. The number of ether oxygens (including phenoxy) is 1. The van der Waals surface area contributed by atoms with Crippen LogP contribution in [0.25, 0.3) is 0 Å². The number of methoxy groups -OCH3 is 1. The Bertz CT molecular complexity index is 661. The van der Waals surface area contributed by atoms with Crippen molar-refractivity contribution in [2.75, 3.05) is 19.5 Å². The van der Waals surface area contributed by atoms with Crippen molar-refractivity contribution in [2.45, 2.75) is 6.54 Å². The fraction of sp³-hybridized carbons (Fsp3) is 0.188. The van der Waals surface area contributed by atoms with Crippen LogP contribution in [0.2, 0.25) is 5.02 Å². The van der Waals surface area contributed by atoms with Gasteiger partial charge in [-0.05, 0) is 36.5 Å². The van der Waals surface area contributed by atoms with E-state index in [1.54, 1.807) is 31.2 Å². The molecule has 0 radical (unpaired) electrons. The summed E-state index contributed by atoms with van der Waals surface area (Å²) < 4.78 is 19.0. The molecule has 0 bridgehead atoms. The van der Waals surface area contributed by atoms with Crippen LogP contribution in [-0.4, -0.2) is 24.2 Å². The van der Waals surface area contributed by atoms with Gasteiger partial charge in [-0.3, -0.25) is 0 Å². The first-order valence-corrected chi connectivity index (χ1v) is 7.39. The standard InChI is InChI=1S/C16H16ClFN2OS/c1-20(10-13-14(17)7-4-8-15(13)18)16(22)19-11-5-3-6-12(9-11)21-2/h3-9H,10H2,1-2H3,(H,19,22). The Morgan fingerprint density at radius 2 is 2.05 bits per heavy atom. The Labute approximate surface area is 139 Å². The van der Waals surface area contributed by atoms with Gasteiger partial charge in [0.2, 0.25) is 0 Å². The molecule has 0 amide bonds. The zero-order valence-corrected chi connectivity index (χ0v) is 13.8. The summed E-state index contributed by atoms with van der Waals surface area (Å²) in [6, 6.07) is 12.0. The van der Waals surface area contributed by atoms with E-state index in [1.165, 1.54) is 6.07 Å². The summed E-state index contributed by atoms with van der Waals surface area (Å²) >= 11 is 11.4. The molecule has 0 fully saturated rings. The first-order chi connectivity index (χ1) is 10.5. The van der Waals surface area contributed by atoms with Crippen LogP contribution in [0.4, 0.5) is 10.1 Å². The van der Waals surface area contributed by atoms with E-state index in [0.717, 1.165) is 11.4 Å². The Morgan fingerprint density at radius 1 is 1.32 bits per heavy atom. The summed E-state index contributed by atoms with van der Waals surface area (Å²) in [5.74, 6) is 0.385. The molecule has 0 saturated heterocycles. The number of nitrogens with zero attached hydrogens (tertiary/aromatic N) is 1. The number of anilines is 1. The topological polar surface area (TPSA) is 24.5 Å². The van der Waals surface area contributed by atoms with E-state index in [2.05, 4.69) is 5.32 Å². The van der Waals surface area contributed by atoms with Gasteiger partial charge in [0.25, 0.3) is 0 Å². The molecule has 2 rings (SSSR count). The number of benzene rings is 2. The molecule has 0 aliphatic heterocycles. The number of halogens is 2. The molecule has 0 atom stereocenters. The van der Waals surface area contributed by atoms with Gasteiger partial charge >= 0.3 is 0 Å². The van der Waals surface area contributed by atoms with Gasteiger partial charge in [0.05, 0.1) is 7.11 Å². The van der Waals surface area contributed by atoms with Crippen LogP contribution in [0.15, 0.2) is 42.5 Å². The van der Waals surface area contributed by atoms with Gasteiger partial charge in [-0.2, -0.15) is 0 Å². The van der Waals surface area contributed by atoms with Gasteiger partial charge < -0.3 is 15.0 Å². The fourth-order valence-electron chi connectivity index (χ4n) is 1.91. The maximum atomic E-state index is 13.8. The highest BCUT2D eigenvalue weighted by atomic mass is 35.5. The minimum absolute atomic E-state index is 0.279. The predicted octanol–water partition coefficient (Wildman–Crippen LogP) is 4.32. The monoisotopic (exact) mass is 338 g/mol. The van der Waals surface area contributed by atoms with Crippen molar-refractivity contribution >= 4 is 34.6 Å². The molecule has 0 aromatic heterocycles. The highest BCUT2D eigenvalue weighted by Crippen LogP contribution is 2.21. The van der Waals surface area contributed by atoms with E-state index >= 15 is 0 Å². The molecule has 0 aliphatic carbocycles. The van der Waals surface area contributed by atoms with Crippen molar-refractivity contribution in [1.29, 1.82) is 0 Å². The van der Waals surface area contributed by atoms with Crippen LogP contribution in [0, 0.1) is 5.82 Å². The SMILES string of the molecule is COc1cccc(NC(=S)N(C)Cc2c(F)cccc2Cl)c1. The highest BCUT2D eigenvalue weighted by molar-refractivity contribution is 7.80. The second-order valence-corrected chi connectivity index (χ2v) is 5.51. The Hall–Kier alpha value is -1.85. The third-order valence-corrected chi connectivity index (χ3v) is 3.89. The average Bonchev–Trinajstić information content (AvgIpc) is 2.51. The van der Waals surface area contributed by atoms with Crippen LogP contribution in [0.5, 0.6) is 5.75 Å². The molecule has 0 heterocycles. The lowest BCUT2D eigenvalue weighted by Crippen LogP contribution is -2.31. The molecule has 22 heavy (non-hydrogen) atoms. The molecular formula is C16H16ClFN2OS. The fourth-order valence-corrected chi connectivity index (χ4v) is 2.32. The average molecular weight is 339 g/mol. The van der Waals surface area contributed by atoms with E-state index < -0.39 is 0 Å². The summed E-state index contributed by atoms with van der Waals surface area (Å²) in [7, 11) is 3.38. The van der Waals surface area contributed by atoms with Gasteiger partial charge in [0, 0.05) is 35.9 Å². The van der Waals surface area contributed by atoms with Crippen molar-refractivity contribution in [2.24, 2.45) is 0 Å². The highest BCUT2D eigenvalue weighted by Gasteiger charge is 2.12. The van der Waals surface area contributed by atoms with E-state index in [4.69, 9.17) is 28.6 Å². The number of nitrogens with one attached hydrogen (secondary N) is 1. The quantitative estimate of drug-likeness (QED) is 0.839. The van der Waals surface area contributed by atoms with E-state index in [1.807, 2.05) is 24.3 Å². The zero-order chi connectivity index (χ0) is 16.1. The van der Waals surface area contributed by atoms with Crippen molar-refractivity contribution < 1.29 is 9.13 Å². The molecule has 1 N–H and O–H groups in total. The third-order valence-electron chi connectivity index (χ3n) is 3.12. The van der Waals surface area contributed by atoms with Gasteiger partial charge in [0.1, 0.15) is 11.6 Å². The van der Waals surface area contributed by atoms with E-state index in [9.17, 15) is 4.39 Å². The summed E-state index contributed by atoms with van der Waals surface area (Å²) in [6.07, 6.45) is 0. The van der Waals surface area contributed by atoms with Gasteiger partial charge in [-0.1, -0.05) is 23.7 Å². The van der Waals surface area contributed by atoms with Crippen LogP contribution in [-0.2, 0) is 6.54 Å². The molecule has 0 saturated carbocycles. The van der Waals surface area contributed by atoms with Gasteiger partial charge in [0.15, 0.2) is 5.11 Å². The van der Waals surface area contributed by atoms with Crippen LogP contribution >= 0.6 is 23.8 Å². The molecule has 116 valence electrons. The van der Waals surface area contributed by atoms with E-state index in [0.29, 0.717) is 15.7 Å². The lowest BCUT2D eigenvalue weighted by atomic mass is 10.2. The van der Waals surface area contributed by atoms with Crippen LogP contribution in [0.3, 0.4) is 0 Å². The maximum Gasteiger partial charge on any atom is 0.173 e. The van der Waals surface area contributed by atoms with Gasteiger partial charge in [-0.15, -0.1) is 0 Å². The molecular weight excluding hydrogens is 323 g/mol. The number of rotatable bonds is 4. The lowest BCUT2D eigenvalue weighted by Gasteiger charge is -2.22. The second-order valence-electron chi connectivity index (χ2n) is 4.72. The van der Waals surface area contributed by atoms with Crippen LogP contribution < -0.4 is 10.1 Å². The zero-order valence-electron chi connectivity index (χ0n) is 12.3. The molecule has 2 aromatic carbocycles. The summed E-state index contributed by atoms with van der Waals surface area (Å²) in [5.41, 5.74) is 1.22. The van der Waals surface area contributed by atoms with Crippen molar-refractivity contribution in [3.8, 4) is 5.75 Å². The normalized spacial score (nSPS) is 10.2. The molecule has 6 heteroatoms. The van der Waals surface area contributed by atoms with Crippen LogP contribution in [0.1, 0.15) is 5.56 Å². The predicted molar refractivity (Wildman–Crippen MR) is 92.1 cm³/mol. The Balaban J connectivity index is 2.06. The molecule has 0 unspecified atom stereocenters. The summed E-state index contributed by atoms with van der Waals surface area (Å²) in [5, 5.41) is 3.94. The Morgan fingerprint density at radius 3 is 2.73 bits per heavy atom. The molecule has 3 nitrogen and oxygen atoms in total. The summed E-state index contributed by atoms with van der Waals surface area (Å²) in [4.78, 5) is 1.72. The number of thiocarbonyl (C=S) groups is 1. The number of hydrogen-bond donors (Lipinski definition) is 1. The largest absolute Gasteiger partial charge is 0.497 e. The third kappa shape index (κ3) is 4.08. The first-order valence-electron chi connectivity index (χ1n) is 6.60. The van der Waals surface area contributed by atoms with Gasteiger partial charge in [-0.25, -0.2) is 4.39 Å². The molecule has 0 spiro atoms. The molecule has 0 aliphatic rings. The van der Waals surface area contributed by atoms with Crippen molar-refractivity contribution in [3.05, 3.63) is 58.9 Å².